The maximum Gasteiger partial charge on any atom is 0.326 e. The summed E-state index contributed by atoms with van der Waals surface area (Å²) >= 11 is 0. The summed E-state index contributed by atoms with van der Waals surface area (Å²) in [5.41, 5.74) is 5.01. The van der Waals surface area contributed by atoms with Gasteiger partial charge in [-0.05, 0) is 60.4 Å². The average Bonchev–Trinajstić information content (AvgIpc) is 2.78. The zero-order valence-corrected chi connectivity index (χ0v) is 18.6. The fraction of sp³-hybridized carbons (Fsp3) is 0.222. The Hall–Kier alpha value is -3.53. The van der Waals surface area contributed by atoms with Gasteiger partial charge >= 0.3 is 6.03 Å². The van der Waals surface area contributed by atoms with Crippen molar-refractivity contribution in [2.45, 2.75) is 26.7 Å². The topological polar surface area (TPSA) is 41.6 Å². The van der Waals surface area contributed by atoms with E-state index in [9.17, 15) is 4.79 Å². The standard InChI is InChI=1S/C27H30N2O2/c1-20(2)23-10-12-24(13-11-23)28-27(30)29(25-14-16-26(31-4)17-15-25)19-21(3)18-22-8-6-5-7-9-22/h5-18,20H,19H2,1-4H3,(H,28,30)/b21-18+. The normalized spacial score (nSPS) is 11.3. The third-order valence-electron chi connectivity index (χ3n) is 5.08. The maximum absolute atomic E-state index is 13.2. The van der Waals surface area contributed by atoms with Crippen molar-refractivity contribution < 1.29 is 9.53 Å². The number of hydrogen-bond donors (Lipinski definition) is 1. The Kier molecular flexibility index (Phi) is 7.50. The Bertz CT molecular complexity index is 1010. The minimum absolute atomic E-state index is 0.178. The second kappa shape index (κ2) is 10.5. The summed E-state index contributed by atoms with van der Waals surface area (Å²) in [6, 6.07) is 25.5. The van der Waals surface area contributed by atoms with Crippen molar-refractivity contribution in [2.75, 3.05) is 23.9 Å². The molecule has 3 aromatic carbocycles. The lowest BCUT2D eigenvalue weighted by Crippen LogP contribution is -2.36. The number of urea groups is 1. The molecule has 0 bridgehead atoms. The molecule has 0 aromatic heterocycles. The minimum Gasteiger partial charge on any atom is -0.497 e. The SMILES string of the molecule is COc1ccc(N(C/C(C)=C/c2ccccc2)C(=O)Nc2ccc(C(C)C)cc2)cc1. The van der Waals surface area contributed by atoms with Crippen LogP contribution in [-0.4, -0.2) is 19.7 Å². The van der Waals surface area contributed by atoms with Crippen LogP contribution in [-0.2, 0) is 0 Å². The van der Waals surface area contributed by atoms with Gasteiger partial charge in [0.15, 0.2) is 0 Å². The second-order valence-corrected chi connectivity index (χ2v) is 7.89. The van der Waals surface area contributed by atoms with E-state index in [1.165, 1.54) is 5.56 Å². The molecule has 0 aliphatic carbocycles. The van der Waals surface area contributed by atoms with Crippen molar-refractivity contribution in [1.29, 1.82) is 0 Å². The van der Waals surface area contributed by atoms with Crippen LogP contribution >= 0.6 is 0 Å². The van der Waals surface area contributed by atoms with Crippen LogP contribution in [0.15, 0.2) is 84.4 Å². The summed E-state index contributed by atoms with van der Waals surface area (Å²) in [4.78, 5) is 15.0. The number of carbonyl (C=O) groups excluding carboxylic acids is 1. The summed E-state index contributed by atoms with van der Waals surface area (Å²) in [6.45, 7) is 6.81. The average molecular weight is 415 g/mol. The Morgan fingerprint density at radius 3 is 2.19 bits per heavy atom. The predicted octanol–water partition coefficient (Wildman–Crippen LogP) is 6.96. The number of carbonyl (C=O) groups is 1. The first-order valence-corrected chi connectivity index (χ1v) is 10.5. The van der Waals surface area contributed by atoms with E-state index in [0.717, 1.165) is 28.3 Å². The molecule has 0 fully saturated rings. The quantitative estimate of drug-likeness (QED) is 0.454. The second-order valence-electron chi connectivity index (χ2n) is 7.89. The van der Waals surface area contributed by atoms with E-state index in [4.69, 9.17) is 4.74 Å². The molecule has 160 valence electrons. The van der Waals surface area contributed by atoms with Gasteiger partial charge in [0.2, 0.25) is 0 Å². The number of hydrogen-bond acceptors (Lipinski definition) is 2. The highest BCUT2D eigenvalue weighted by atomic mass is 16.5. The molecule has 0 radical (unpaired) electrons. The van der Waals surface area contributed by atoms with Crippen LogP contribution < -0.4 is 15.0 Å². The lowest BCUT2D eigenvalue weighted by molar-refractivity contribution is 0.257. The molecule has 31 heavy (non-hydrogen) atoms. The molecular weight excluding hydrogens is 384 g/mol. The molecule has 0 unspecified atom stereocenters. The van der Waals surface area contributed by atoms with Crippen LogP contribution in [0.1, 0.15) is 37.8 Å². The fourth-order valence-corrected chi connectivity index (χ4v) is 3.31. The van der Waals surface area contributed by atoms with E-state index in [1.807, 2.05) is 61.5 Å². The molecule has 4 heteroatoms. The molecule has 0 atom stereocenters. The summed E-state index contributed by atoms with van der Waals surface area (Å²) in [7, 11) is 1.63. The number of benzene rings is 3. The highest BCUT2D eigenvalue weighted by Gasteiger charge is 2.17. The number of rotatable bonds is 7. The largest absolute Gasteiger partial charge is 0.497 e. The van der Waals surface area contributed by atoms with Gasteiger partial charge in [0.1, 0.15) is 5.75 Å². The highest BCUT2D eigenvalue weighted by Crippen LogP contribution is 2.23. The van der Waals surface area contributed by atoms with E-state index in [0.29, 0.717) is 12.5 Å². The van der Waals surface area contributed by atoms with Crippen LogP contribution in [0, 0.1) is 0 Å². The minimum atomic E-state index is -0.178. The summed E-state index contributed by atoms with van der Waals surface area (Å²) in [5.74, 6) is 1.20. The zero-order valence-electron chi connectivity index (χ0n) is 18.6. The predicted molar refractivity (Wildman–Crippen MR) is 130 cm³/mol. The van der Waals surface area contributed by atoms with E-state index in [1.54, 1.807) is 12.0 Å². The number of ether oxygens (including phenoxy) is 1. The van der Waals surface area contributed by atoms with Crippen molar-refractivity contribution in [3.63, 3.8) is 0 Å². The molecule has 3 rings (SSSR count). The van der Waals surface area contributed by atoms with Crippen LogP contribution in [0.25, 0.3) is 6.08 Å². The van der Waals surface area contributed by atoms with Crippen LogP contribution in [0.5, 0.6) is 5.75 Å². The first-order valence-electron chi connectivity index (χ1n) is 10.5. The smallest absolute Gasteiger partial charge is 0.326 e. The summed E-state index contributed by atoms with van der Waals surface area (Å²) in [6.07, 6.45) is 2.10. The van der Waals surface area contributed by atoms with Crippen LogP contribution in [0.4, 0.5) is 16.2 Å². The molecule has 3 aromatic rings. The Labute approximate surface area is 185 Å². The van der Waals surface area contributed by atoms with Gasteiger partial charge in [-0.25, -0.2) is 4.79 Å². The van der Waals surface area contributed by atoms with E-state index in [-0.39, 0.29) is 6.03 Å². The summed E-state index contributed by atoms with van der Waals surface area (Å²) < 4.78 is 5.27. The lowest BCUT2D eigenvalue weighted by atomic mass is 10.0. The van der Waals surface area contributed by atoms with E-state index >= 15 is 0 Å². The fourth-order valence-electron chi connectivity index (χ4n) is 3.31. The van der Waals surface area contributed by atoms with Gasteiger partial charge in [0.25, 0.3) is 0 Å². The van der Waals surface area contributed by atoms with Crippen molar-refractivity contribution >= 4 is 23.5 Å². The van der Waals surface area contributed by atoms with Crippen LogP contribution in [0.3, 0.4) is 0 Å². The number of nitrogens with one attached hydrogen (secondary N) is 1. The Balaban J connectivity index is 1.83. The van der Waals surface area contributed by atoms with E-state index in [2.05, 4.69) is 49.5 Å². The van der Waals surface area contributed by atoms with Gasteiger partial charge in [0.05, 0.1) is 7.11 Å². The number of anilines is 2. The molecule has 4 nitrogen and oxygen atoms in total. The van der Waals surface area contributed by atoms with Gasteiger partial charge < -0.3 is 10.1 Å². The molecule has 2 amide bonds. The maximum atomic E-state index is 13.2. The molecular formula is C27H30N2O2. The highest BCUT2D eigenvalue weighted by molar-refractivity contribution is 6.02. The van der Waals surface area contributed by atoms with Gasteiger partial charge in [-0.3, -0.25) is 4.90 Å². The number of nitrogens with zero attached hydrogens (tertiary/aromatic N) is 1. The first kappa shape index (κ1) is 22.2. The molecule has 0 aliphatic rings. The van der Waals surface area contributed by atoms with Gasteiger partial charge in [-0.1, -0.05) is 68.0 Å². The molecule has 0 saturated heterocycles. The summed E-state index contributed by atoms with van der Waals surface area (Å²) in [5, 5.41) is 3.03. The van der Waals surface area contributed by atoms with Gasteiger partial charge in [-0.2, -0.15) is 0 Å². The number of methoxy groups -OCH3 is 1. The molecule has 0 heterocycles. The third-order valence-corrected chi connectivity index (χ3v) is 5.08. The van der Waals surface area contributed by atoms with Gasteiger partial charge in [-0.15, -0.1) is 0 Å². The molecule has 0 aliphatic heterocycles. The monoisotopic (exact) mass is 414 g/mol. The Morgan fingerprint density at radius 2 is 1.61 bits per heavy atom. The molecule has 0 saturated carbocycles. The van der Waals surface area contributed by atoms with Crippen molar-refractivity contribution in [3.05, 3.63) is 95.6 Å². The number of amides is 2. The first-order chi connectivity index (χ1) is 15.0. The molecule has 1 N–H and O–H groups in total. The Morgan fingerprint density at radius 1 is 0.968 bits per heavy atom. The van der Waals surface area contributed by atoms with Crippen molar-refractivity contribution in [3.8, 4) is 5.75 Å². The lowest BCUT2D eigenvalue weighted by Gasteiger charge is -2.24. The third kappa shape index (κ3) is 6.22. The van der Waals surface area contributed by atoms with Crippen molar-refractivity contribution in [1.82, 2.24) is 0 Å². The van der Waals surface area contributed by atoms with Crippen LogP contribution in [0.2, 0.25) is 0 Å². The van der Waals surface area contributed by atoms with Gasteiger partial charge in [0, 0.05) is 17.9 Å². The molecule has 0 spiro atoms. The van der Waals surface area contributed by atoms with Crippen molar-refractivity contribution in [2.24, 2.45) is 0 Å². The van der Waals surface area contributed by atoms with E-state index < -0.39 is 0 Å². The zero-order chi connectivity index (χ0) is 22.2.